The molecule has 9 heteroatoms. The summed E-state index contributed by atoms with van der Waals surface area (Å²) in [4.78, 5) is 4.79. The molecular formula is C18H21Cl2N5OS. The summed E-state index contributed by atoms with van der Waals surface area (Å²) in [6.07, 6.45) is 1.55. The van der Waals surface area contributed by atoms with Crippen LogP contribution in [0.2, 0.25) is 10.0 Å². The van der Waals surface area contributed by atoms with E-state index in [-0.39, 0.29) is 5.11 Å². The largest absolute Gasteiger partial charge is 0.459 e. The zero-order valence-corrected chi connectivity index (χ0v) is 17.0. The minimum atomic E-state index is 0.122. The highest BCUT2D eigenvalue weighted by molar-refractivity contribution is 7.80. The molecule has 144 valence electrons. The first kappa shape index (κ1) is 20.1. The van der Waals surface area contributed by atoms with Gasteiger partial charge in [-0.25, -0.2) is 0 Å². The van der Waals surface area contributed by atoms with E-state index in [4.69, 9.17) is 33.4 Å². The normalized spacial score (nSPS) is 16.1. The van der Waals surface area contributed by atoms with Crippen LogP contribution in [0.1, 0.15) is 17.1 Å². The molecule has 27 heavy (non-hydrogen) atoms. The topological polar surface area (TPSA) is 70.0 Å². The molecule has 3 N–H and O–H groups in total. The summed E-state index contributed by atoms with van der Waals surface area (Å²) in [7, 11) is 0. The first-order chi connectivity index (χ1) is 13.0. The molecule has 1 aromatic carbocycles. The summed E-state index contributed by atoms with van der Waals surface area (Å²) < 4.78 is 5.76. The molecule has 1 aliphatic rings. The van der Waals surface area contributed by atoms with Crippen molar-refractivity contribution in [2.75, 3.05) is 26.2 Å². The van der Waals surface area contributed by atoms with Crippen LogP contribution in [0, 0.1) is 0 Å². The zero-order valence-electron chi connectivity index (χ0n) is 14.7. The van der Waals surface area contributed by atoms with Crippen molar-refractivity contribution in [1.82, 2.24) is 15.2 Å². The number of nitrogens with zero attached hydrogens (tertiary/aromatic N) is 3. The summed E-state index contributed by atoms with van der Waals surface area (Å²) in [5.41, 5.74) is 8.99. The number of hydrazone groups is 1. The highest BCUT2D eigenvalue weighted by atomic mass is 35.5. The van der Waals surface area contributed by atoms with Gasteiger partial charge in [-0.15, -0.1) is 0 Å². The Morgan fingerprint density at radius 3 is 2.48 bits per heavy atom. The lowest BCUT2D eigenvalue weighted by Gasteiger charge is -2.34. The number of benzene rings is 1. The molecule has 0 unspecified atom stereocenters. The van der Waals surface area contributed by atoms with Gasteiger partial charge in [-0.2, -0.15) is 5.10 Å². The maximum atomic E-state index is 6.10. The number of nitrogens with two attached hydrogens (primary N) is 1. The lowest BCUT2D eigenvalue weighted by Crippen LogP contribution is -2.45. The van der Waals surface area contributed by atoms with Gasteiger partial charge in [0.25, 0.3) is 0 Å². The molecule has 1 fully saturated rings. The van der Waals surface area contributed by atoms with Gasteiger partial charge in [0.15, 0.2) is 5.11 Å². The van der Waals surface area contributed by atoms with Crippen LogP contribution in [0.3, 0.4) is 0 Å². The van der Waals surface area contributed by atoms with E-state index >= 15 is 0 Å². The van der Waals surface area contributed by atoms with Crippen LogP contribution in [0.5, 0.6) is 0 Å². The first-order valence-corrected chi connectivity index (χ1v) is 9.72. The minimum Gasteiger partial charge on any atom is -0.459 e. The van der Waals surface area contributed by atoms with Crippen molar-refractivity contribution in [2.24, 2.45) is 10.8 Å². The van der Waals surface area contributed by atoms with E-state index in [1.54, 1.807) is 6.21 Å². The Morgan fingerprint density at radius 2 is 1.81 bits per heavy atom. The number of halogens is 2. The van der Waals surface area contributed by atoms with Gasteiger partial charge in [0.2, 0.25) is 0 Å². The van der Waals surface area contributed by atoms with E-state index in [9.17, 15) is 0 Å². The Labute approximate surface area is 173 Å². The third-order valence-corrected chi connectivity index (χ3v) is 5.11. The Balaban J connectivity index is 1.45. The van der Waals surface area contributed by atoms with Crippen molar-refractivity contribution in [3.8, 4) is 0 Å². The minimum absolute atomic E-state index is 0.122. The molecule has 2 aromatic rings. The predicted molar refractivity (Wildman–Crippen MR) is 113 cm³/mol. The molecule has 0 radical (unpaired) electrons. The van der Waals surface area contributed by atoms with Gasteiger partial charge < -0.3 is 10.2 Å². The van der Waals surface area contributed by atoms with Crippen molar-refractivity contribution < 1.29 is 4.42 Å². The van der Waals surface area contributed by atoms with Crippen molar-refractivity contribution in [1.29, 1.82) is 0 Å². The van der Waals surface area contributed by atoms with Crippen molar-refractivity contribution >= 4 is 46.7 Å². The molecule has 0 saturated carbocycles. The average Bonchev–Trinajstić information content (AvgIpc) is 3.07. The van der Waals surface area contributed by atoms with Crippen LogP contribution >= 0.6 is 35.4 Å². The number of hydrogen-bond acceptors (Lipinski definition) is 5. The second-order valence-corrected chi connectivity index (χ2v) is 7.59. The smallest absolute Gasteiger partial charge is 0.184 e. The number of thiocarbonyl (C=S) groups is 1. The van der Waals surface area contributed by atoms with Gasteiger partial charge in [0.1, 0.15) is 11.5 Å². The fourth-order valence-electron chi connectivity index (χ4n) is 2.93. The Morgan fingerprint density at radius 1 is 1.11 bits per heavy atom. The van der Waals surface area contributed by atoms with Crippen molar-refractivity contribution in [2.45, 2.75) is 13.1 Å². The highest BCUT2D eigenvalue weighted by Gasteiger charge is 2.18. The molecule has 0 atom stereocenters. The van der Waals surface area contributed by atoms with E-state index in [1.807, 2.05) is 30.3 Å². The van der Waals surface area contributed by atoms with E-state index < -0.39 is 0 Å². The Bertz CT molecular complexity index is 818. The fraction of sp³-hybridized carbons (Fsp3) is 0.333. The number of piperazine rings is 1. The molecule has 3 rings (SSSR count). The van der Waals surface area contributed by atoms with E-state index in [0.717, 1.165) is 45.0 Å². The average molecular weight is 426 g/mol. The highest BCUT2D eigenvalue weighted by Crippen LogP contribution is 2.23. The van der Waals surface area contributed by atoms with Crippen LogP contribution < -0.4 is 11.2 Å². The van der Waals surface area contributed by atoms with Gasteiger partial charge in [-0.1, -0.05) is 29.3 Å². The monoisotopic (exact) mass is 425 g/mol. The van der Waals surface area contributed by atoms with Crippen LogP contribution in [0.25, 0.3) is 0 Å². The Hall–Kier alpha value is -1.64. The van der Waals surface area contributed by atoms with Crippen LogP contribution in [0.15, 0.2) is 39.9 Å². The Kier molecular flexibility index (Phi) is 7.09. The summed E-state index contributed by atoms with van der Waals surface area (Å²) in [6, 6.07) is 9.65. The van der Waals surface area contributed by atoms with Gasteiger partial charge in [0, 0.05) is 32.7 Å². The zero-order chi connectivity index (χ0) is 19.2. The molecule has 0 amide bonds. The van der Waals surface area contributed by atoms with Crippen molar-refractivity contribution in [3.05, 3.63) is 57.5 Å². The quantitative estimate of drug-likeness (QED) is 0.421. The first-order valence-electron chi connectivity index (χ1n) is 8.55. The molecule has 0 spiro atoms. The number of hydrogen-bond donors (Lipinski definition) is 2. The maximum absolute atomic E-state index is 6.10. The molecule has 1 saturated heterocycles. The SMILES string of the molecule is NC(=S)N/N=C/c1ccc(CN2CCN(Cc3ccc(Cl)c(Cl)c3)CC2)o1. The van der Waals surface area contributed by atoms with Crippen molar-refractivity contribution in [3.63, 3.8) is 0 Å². The fourth-order valence-corrected chi connectivity index (χ4v) is 3.30. The lowest BCUT2D eigenvalue weighted by atomic mass is 10.2. The van der Waals surface area contributed by atoms with Gasteiger partial charge >= 0.3 is 0 Å². The van der Waals surface area contributed by atoms with E-state index in [2.05, 4.69) is 32.5 Å². The second-order valence-electron chi connectivity index (χ2n) is 6.34. The molecule has 1 aliphatic heterocycles. The van der Waals surface area contributed by atoms with Crippen LogP contribution in [-0.4, -0.2) is 47.3 Å². The molecule has 6 nitrogen and oxygen atoms in total. The summed E-state index contributed by atoms with van der Waals surface area (Å²) >= 11 is 16.8. The second kappa shape index (κ2) is 9.52. The summed E-state index contributed by atoms with van der Waals surface area (Å²) in [5, 5.41) is 5.21. The van der Waals surface area contributed by atoms with Crippen LogP contribution in [-0.2, 0) is 13.1 Å². The number of rotatable bonds is 6. The summed E-state index contributed by atoms with van der Waals surface area (Å²) in [5.74, 6) is 1.57. The summed E-state index contributed by atoms with van der Waals surface area (Å²) in [6.45, 7) is 5.60. The lowest BCUT2D eigenvalue weighted by molar-refractivity contribution is 0.116. The maximum Gasteiger partial charge on any atom is 0.184 e. The number of furan rings is 1. The van der Waals surface area contributed by atoms with Gasteiger partial charge in [-0.3, -0.25) is 15.2 Å². The molecule has 0 aliphatic carbocycles. The van der Waals surface area contributed by atoms with Crippen LogP contribution in [0.4, 0.5) is 0 Å². The molecule has 0 bridgehead atoms. The van der Waals surface area contributed by atoms with Gasteiger partial charge in [-0.05, 0) is 42.0 Å². The van der Waals surface area contributed by atoms with E-state index in [1.165, 1.54) is 5.56 Å². The third kappa shape index (κ3) is 6.19. The molecular weight excluding hydrogens is 405 g/mol. The predicted octanol–water partition coefficient (Wildman–Crippen LogP) is 3.07. The molecule has 2 heterocycles. The molecule has 1 aromatic heterocycles. The number of nitrogens with one attached hydrogen (secondary N) is 1. The third-order valence-electron chi connectivity index (χ3n) is 4.28. The standard InChI is InChI=1S/C18H21Cl2N5OS/c19-16-4-1-13(9-17(16)20)11-24-5-7-25(8-6-24)12-15-3-2-14(26-15)10-22-23-18(21)27/h1-4,9-10H,5-8,11-12H2,(H3,21,23,27)/b22-10+. The van der Waals surface area contributed by atoms with Gasteiger partial charge in [0.05, 0.1) is 22.8 Å². The van der Waals surface area contributed by atoms with E-state index in [0.29, 0.717) is 15.8 Å².